The number of benzene rings is 1. The van der Waals surface area contributed by atoms with E-state index in [0.717, 1.165) is 17.5 Å². The van der Waals surface area contributed by atoms with E-state index >= 15 is 0 Å². The molecule has 0 aromatic heterocycles. The quantitative estimate of drug-likeness (QED) is 0.772. The summed E-state index contributed by atoms with van der Waals surface area (Å²) in [7, 11) is 0. The van der Waals surface area contributed by atoms with Crippen LogP contribution in [0.15, 0.2) is 24.3 Å². The summed E-state index contributed by atoms with van der Waals surface area (Å²) in [6.07, 6.45) is 8.49. The van der Waals surface area contributed by atoms with Gasteiger partial charge in [-0.3, -0.25) is 0 Å². The molecule has 1 aromatic carbocycles. The Balaban J connectivity index is 1.79. The van der Waals surface area contributed by atoms with Crippen LogP contribution in [-0.2, 0) is 6.54 Å². The van der Waals surface area contributed by atoms with Gasteiger partial charge in [-0.05, 0) is 43.4 Å². The molecule has 1 aliphatic rings. The normalized spacial score (nSPS) is 19.4. The monoisotopic (exact) mass is 265 g/mol. The summed E-state index contributed by atoms with van der Waals surface area (Å²) in [5.41, 5.74) is 1.32. The van der Waals surface area contributed by atoms with Gasteiger partial charge in [-0.2, -0.15) is 0 Å². The summed E-state index contributed by atoms with van der Waals surface area (Å²) >= 11 is 5.89. The summed E-state index contributed by atoms with van der Waals surface area (Å²) in [5, 5.41) is 4.49. The standard InChI is InChI=1S/C16H24ClN/c1-13(15-6-4-2-3-5-7-15)18-12-14-8-10-16(17)11-9-14/h8-11,13,15,18H,2-7,12H2,1H3/t13-/m1/s1. The average Bonchev–Trinajstić information content (AvgIpc) is 2.66. The summed E-state index contributed by atoms with van der Waals surface area (Å²) in [5.74, 6) is 0.861. The van der Waals surface area contributed by atoms with E-state index in [0.29, 0.717) is 6.04 Å². The summed E-state index contributed by atoms with van der Waals surface area (Å²) in [4.78, 5) is 0. The molecule has 1 nitrogen and oxygen atoms in total. The molecule has 0 amide bonds. The molecule has 0 spiro atoms. The van der Waals surface area contributed by atoms with E-state index < -0.39 is 0 Å². The molecule has 0 unspecified atom stereocenters. The zero-order valence-corrected chi connectivity index (χ0v) is 12.0. The molecule has 1 fully saturated rings. The van der Waals surface area contributed by atoms with Crippen molar-refractivity contribution in [3.8, 4) is 0 Å². The highest BCUT2D eigenvalue weighted by atomic mass is 35.5. The van der Waals surface area contributed by atoms with Crippen molar-refractivity contribution in [1.29, 1.82) is 0 Å². The Morgan fingerprint density at radius 3 is 2.33 bits per heavy atom. The highest BCUT2D eigenvalue weighted by Crippen LogP contribution is 2.25. The Kier molecular flexibility index (Phi) is 5.52. The van der Waals surface area contributed by atoms with Gasteiger partial charge in [0.05, 0.1) is 0 Å². The molecule has 18 heavy (non-hydrogen) atoms. The minimum atomic E-state index is 0.624. The smallest absolute Gasteiger partial charge is 0.0406 e. The minimum absolute atomic E-state index is 0.624. The van der Waals surface area contributed by atoms with E-state index in [9.17, 15) is 0 Å². The van der Waals surface area contributed by atoms with Crippen molar-refractivity contribution in [2.24, 2.45) is 5.92 Å². The fourth-order valence-electron chi connectivity index (χ4n) is 2.86. The van der Waals surface area contributed by atoms with Crippen molar-refractivity contribution in [1.82, 2.24) is 5.32 Å². The average molecular weight is 266 g/mol. The van der Waals surface area contributed by atoms with Crippen molar-refractivity contribution in [2.45, 2.75) is 58.0 Å². The number of rotatable bonds is 4. The summed E-state index contributed by atoms with van der Waals surface area (Å²) in [6, 6.07) is 8.77. The predicted molar refractivity (Wildman–Crippen MR) is 78.9 cm³/mol. The SMILES string of the molecule is C[C@@H](NCc1ccc(Cl)cc1)C1CCCCCC1. The van der Waals surface area contributed by atoms with Crippen molar-refractivity contribution in [3.63, 3.8) is 0 Å². The van der Waals surface area contributed by atoms with Crippen LogP contribution in [0.2, 0.25) is 5.02 Å². The minimum Gasteiger partial charge on any atom is -0.310 e. The lowest BCUT2D eigenvalue weighted by atomic mass is 9.93. The van der Waals surface area contributed by atoms with E-state index in [1.165, 1.54) is 44.1 Å². The summed E-state index contributed by atoms with van der Waals surface area (Å²) in [6.45, 7) is 3.29. The van der Waals surface area contributed by atoms with E-state index in [2.05, 4.69) is 24.4 Å². The van der Waals surface area contributed by atoms with Crippen LogP contribution in [0.3, 0.4) is 0 Å². The van der Waals surface area contributed by atoms with Crippen LogP contribution >= 0.6 is 11.6 Å². The fraction of sp³-hybridized carbons (Fsp3) is 0.625. The molecule has 1 aliphatic carbocycles. The molecule has 0 heterocycles. The molecular weight excluding hydrogens is 242 g/mol. The van der Waals surface area contributed by atoms with Gasteiger partial charge in [0.15, 0.2) is 0 Å². The van der Waals surface area contributed by atoms with Crippen molar-refractivity contribution in [2.75, 3.05) is 0 Å². The van der Waals surface area contributed by atoms with Gasteiger partial charge in [0.2, 0.25) is 0 Å². The maximum atomic E-state index is 5.89. The Hall–Kier alpha value is -0.530. The van der Waals surface area contributed by atoms with Crippen LogP contribution in [0, 0.1) is 5.92 Å². The fourth-order valence-corrected chi connectivity index (χ4v) is 2.98. The van der Waals surface area contributed by atoms with Crippen LogP contribution in [0.4, 0.5) is 0 Å². The van der Waals surface area contributed by atoms with Gasteiger partial charge in [0.25, 0.3) is 0 Å². The first-order valence-electron chi connectivity index (χ1n) is 7.23. The third-order valence-electron chi connectivity index (χ3n) is 4.15. The highest BCUT2D eigenvalue weighted by Gasteiger charge is 2.18. The van der Waals surface area contributed by atoms with Gasteiger partial charge in [0.1, 0.15) is 0 Å². The van der Waals surface area contributed by atoms with Crippen molar-refractivity contribution < 1.29 is 0 Å². The van der Waals surface area contributed by atoms with Gasteiger partial charge in [-0.15, -0.1) is 0 Å². The van der Waals surface area contributed by atoms with Crippen LogP contribution in [-0.4, -0.2) is 6.04 Å². The first kappa shape index (κ1) is 13.9. The molecule has 0 saturated heterocycles. The lowest BCUT2D eigenvalue weighted by Crippen LogP contribution is -2.32. The lowest BCUT2D eigenvalue weighted by molar-refractivity contribution is 0.336. The Labute approximate surface area is 116 Å². The molecule has 1 aromatic rings. The maximum absolute atomic E-state index is 5.89. The number of hydrogen-bond acceptors (Lipinski definition) is 1. The molecule has 1 atom stereocenters. The molecule has 1 saturated carbocycles. The molecule has 100 valence electrons. The third-order valence-corrected chi connectivity index (χ3v) is 4.40. The molecule has 0 bridgehead atoms. The van der Waals surface area contributed by atoms with Crippen molar-refractivity contribution >= 4 is 11.6 Å². The second-order valence-electron chi connectivity index (χ2n) is 5.55. The molecule has 0 aliphatic heterocycles. The zero-order valence-electron chi connectivity index (χ0n) is 11.3. The van der Waals surface area contributed by atoms with Crippen LogP contribution < -0.4 is 5.32 Å². The second-order valence-corrected chi connectivity index (χ2v) is 5.98. The number of nitrogens with one attached hydrogen (secondary N) is 1. The largest absolute Gasteiger partial charge is 0.310 e. The first-order valence-corrected chi connectivity index (χ1v) is 7.61. The van der Waals surface area contributed by atoms with E-state index in [4.69, 9.17) is 11.6 Å². The Morgan fingerprint density at radius 1 is 1.11 bits per heavy atom. The number of halogens is 1. The summed E-state index contributed by atoms with van der Waals surface area (Å²) < 4.78 is 0. The Morgan fingerprint density at radius 2 is 1.72 bits per heavy atom. The topological polar surface area (TPSA) is 12.0 Å². The van der Waals surface area contributed by atoms with Crippen LogP contribution in [0.5, 0.6) is 0 Å². The zero-order chi connectivity index (χ0) is 12.8. The van der Waals surface area contributed by atoms with Crippen LogP contribution in [0.25, 0.3) is 0 Å². The number of hydrogen-bond donors (Lipinski definition) is 1. The molecule has 0 radical (unpaired) electrons. The maximum Gasteiger partial charge on any atom is 0.0406 e. The van der Waals surface area contributed by atoms with Gasteiger partial charge in [-0.1, -0.05) is 49.4 Å². The first-order chi connectivity index (χ1) is 8.75. The van der Waals surface area contributed by atoms with Crippen molar-refractivity contribution in [3.05, 3.63) is 34.9 Å². The highest BCUT2D eigenvalue weighted by molar-refractivity contribution is 6.30. The van der Waals surface area contributed by atoms with E-state index in [-0.39, 0.29) is 0 Å². The second kappa shape index (κ2) is 7.16. The predicted octanol–water partition coefficient (Wildman–Crippen LogP) is 4.79. The lowest BCUT2D eigenvalue weighted by Gasteiger charge is -2.23. The van der Waals surface area contributed by atoms with Gasteiger partial charge in [0, 0.05) is 17.6 Å². The van der Waals surface area contributed by atoms with Gasteiger partial charge >= 0.3 is 0 Å². The molecular formula is C16H24ClN. The molecule has 2 heteroatoms. The molecule has 1 N–H and O–H groups in total. The van der Waals surface area contributed by atoms with E-state index in [1.807, 2.05) is 12.1 Å². The van der Waals surface area contributed by atoms with Gasteiger partial charge in [-0.25, -0.2) is 0 Å². The van der Waals surface area contributed by atoms with E-state index in [1.54, 1.807) is 0 Å². The third kappa shape index (κ3) is 4.29. The van der Waals surface area contributed by atoms with Gasteiger partial charge < -0.3 is 5.32 Å². The van der Waals surface area contributed by atoms with Crippen LogP contribution in [0.1, 0.15) is 51.0 Å². The Bertz CT molecular complexity index is 339. The molecule has 2 rings (SSSR count).